The third-order valence-corrected chi connectivity index (χ3v) is 2.05. The second kappa shape index (κ2) is 5.48. The third kappa shape index (κ3) is 2.97. The van der Waals surface area contributed by atoms with Gasteiger partial charge in [0.25, 0.3) is 5.78 Å². The Kier molecular flexibility index (Phi) is 4.25. The summed E-state index contributed by atoms with van der Waals surface area (Å²) in [4.78, 5) is 21.8. The zero-order chi connectivity index (χ0) is 13.9. The van der Waals surface area contributed by atoms with E-state index in [1.54, 1.807) is 13.8 Å². The molecule has 0 heterocycles. The number of Topliss-reactive ketones (excluding diaryl/α,β-unsaturated/α-hetero) is 1. The molecule has 98 valence electrons. The number of ketones is 1. The van der Waals surface area contributed by atoms with E-state index in [0.717, 1.165) is 12.1 Å². The summed E-state index contributed by atoms with van der Waals surface area (Å²) in [5.74, 6) is -3.80. The predicted octanol–water partition coefficient (Wildman–Crippen LogP) is 1.89. The molecular formula is C12H13FO5. The monoisotopic (exact) mass is 256 g/mol. The lowest BCUT2D eigenvalue weighted by Crippen LogP contribution is -2.15. The van der Waals surface area contributed by atoms with E-state index in [4.69, 9.17) is 14.6 Å². The number of ether oxygens (including phenoxy) is 2. The molecule has 1 aromatic carbocycles. The van der Waals surface area contributed by atoms with Crippen molar-refractivity contribution in [3.05, 3.63) is 23.5 Å². The smallest absolute Gasteiger partial charge is 0.377 e. The Morgan fingerprint density at radius 3 is 2.33 bits per heavy atom. The van der Waals surface area contributed by atoms with Gasteiger partial charge < -0.3 is 14.6 Å². The Morgan fingerprint density at radius 1 is 1.28 bits per heavy atom. The Balaban J connectivity index is 3.26. The molecule has 0 radical (unpaired) electrons. The molecule has 18 heavy (non-hydrogen) atoms. The second-order valence-electron chi connectivity index (χ2n) is 3.78. The first-order chi connectivity index (χ1) is 8.36. The fourth-order valence-electron chi connectivity index (χ4n) is 1.33. The van der Waals surface area contributed by atoms with Crippen molar-refractivity contribution in [2.24, 2.45) is 0 Å². The molecule has 0 unspecified atom stereocenters. The minimum Gasteiger partial charge on any atom is -0.493 e. The van der Waals surface area contributed by atoms with Gasteiger partial charge in [0.1, 0.15) is 5.82 Å². The van der Waals surface area contributed by atoms with Crippen molar-refractivity contribution in [3.8, 4) is 11.5 Å². The van der Waals surface area contributed by atoms with E-state index in [2.05, 4.69) is 0 Å². The average molecular weight is 256 g/mol. The van der Waals surface area contributed by atoms with Gasteiger partial charge in [-0.1, -0.05) is 0 Å². The zero-order valence-electron chi connectivity index (χ0n) is 10.2. The van der Waals surface area contributed by atoms with Gasteiger partial charge in [-0.05, 0) is 19.9 Å². The second-order valence-corrected chi connectivity index (χ2v) is 3.78. The van der Waals surface area contributed by atoms with Crippen LogP contribution >= 0.6 is 0 Å². The van der Waals surface area contributed by atoms with Crippen molar-refractivity contribution >= 4 is 11.8 Å². The standard InChI is InChI=1S/C12H13FO5/c1-6(2)18-10-5-8(13)7(4-9(10)17-3)11(14)12(15)16/h4-6H,1-3H3,(H,15,16). The van der Waals surface area contributed by atoms with Gasteiger partial charge in [0.05, 0.1) is 18.8 Å². The Labute approximate surface area is 103 Å². The Hall–Kier alpha value is -2.11. The summed E-state index contributed by atoms with van der Waals surface area (Å²) in [7, 11) is 1.31. The molecular weight excluding hydrogens is 243 g/mol. The van der Waals surface area contributed by atoms with Crippen molar-refractivity contribution < 1.29 is 28.6 Å². The van der Waals surface area contributed by atoms with Crippen LogP contribution in [-0.2, 0) is 4.79 Å². The Bertz CT molecular complexity index is 482. The number of carbonyl (C=O) groups is 2. The maximum atomic E-state index is 13.6. The minimum absolute atomic E-state index is 0.106. The molecule has 1 N–H and O–H groups in total. The topological polar surface area (TPSA) is 72.8 Å². The molecule has 0 aliphatic carbocycles. The van der Waals surface area contributed by atoms with E-state index < -0.39 is 23.1 Å². The largest absolute Gasteiger partial charge is 0.493 e. The van der Waals surface area contributed by atoms with Gasteiger partial charge in [0.15, 0.2) is 11.5 Å². The highest BCUT2D eigenvalue weighted by molar-refractivity contribution is 6.40. The first-order valence-corrected chi connectivity index (χ1v) is 5.18. The normalized spacial score (nSPS) is 10.3. The van der Waals surface area contributed by atoms with Crippen LogP contribution in [0.5, 0.6) is 11.5 Å². The van der Waals surface area contributed by atoms with Gasteiger partial charge in [0, 0.05) is 6.07 Å². The van der Waals surface area contributed by atoms with Crippen LogP contribution in [0, 0.1) is 5.82 Å². The summed E-state index contributed by atoms with van der Waals surface area (Å²) in [6, 6.07) is 1.96. The van der Waals surface area contributed by atoms with Gasteiger partial charge in [-0.3, -0.25) is 4.79 Å². The molecule has 0 fully saturated rings. The van der Waals surface area contributed by atoms with Crippen LogP contribution in [-0.4, -0.2) is 30.1 Å². The molecule has 6 heteroatoms. The predicted molar refractivity (Wildman–Crippen MR) is 60.7 cm³/mol. The molecule has 0 aliphatic heterocycles. The van der Waals surface area contributed by atoms with Crippen molar-refractivity contribution in [1.29, 1.82) is 0 Å². The quantitative estimate of drug-likeness (QED) is 0.643. The fourth-order valence-corrected chi connectivity index (χ4v) is 1.33. The Morgan fingerprint density at radius 2 is 1.89 bits per heavy atom. The van der Waals surface area contributed by atoms with Gasteiger partial charge in [0.2, 0.25) is 0 Å². The summed E-state index contributed by atoms with van der Waals surface area (Å²) in [6.45, 7) is 3.49. The number of methoxy groups -OCH3 is 1. The van der Waals surface area contributed by atoms with Crippen LogP contribution in [0.15, 0.2) is 12.1 Å². The third-order valence-electron chi connectivity index (χ3n) is 2.05. The molecule has 5 nitrogen and oxygen atoms in total. The maximum absolute atomic E-state index is 13.6. The number of carboxylic acids is 1. The van der Waals surface area contributed by atoms with Gasteiger partial charge >= 0.3 is 5.97 Å². The van der Waals surface area contributed by atoms with E-state index in [0.29, 0.717) is 0 Å². The SMILES string of the molecule is COc1cc(C(=O)C(=O)O)c(F)cc1OC(C)C. The summed E-state index contributed by atoms with van der Waals surface area (Å²) in [5.41, 5.74) is -0.560. The van der Waals surface area contributed by atoms with Crippen LogP contribution < -0.4 is 9.47 Å². The first-order valence-electron chi connectivity index (χ1n) is 5.18. The average Bonchev–Trinajstić information content (AvgIpc) is 2.27. The molecule has 1 rings (SSSR count). The number of aliphatic carboxylic acids is 1. The number of halogens is 1. The highest BCUT2D eigenvalue weighted by atomic mass is 19.1. The van der Waals surface area contributed by atoms with Crippen LogP contribution in [0.3, 0.4) is 0 Å². The van der Waals surface area contributed by atoms with Gasteiger partial charge in [-0.25, -0.2) is 9.18 Å². The van der Waals surface area contributed by atoms with E-state index in [1.165, 1.54) is 7.11 Å². The number of hydrogen-bond acceptors (Lipinski definition) is 4. The van der Waals surface area contributed by atoms with E-state index in [1.807, 2.05) is 0 Å². The van der Waals surface area contributed by atoms with Gasteiger partial charge in [-0.2, -0.15) is 0 Å². The van der Waals surface area contributed by atoms with Crippen LogP contribution in [0.25, 0.3) is 0 Å². The highest BCUT2D eigenvalue weighted by Crippen LogP contribution is 2.31. The van der Waals surface area contributed by atoms with Gasteiger partial charge in [-0.15, -0.1) is 0 Å². The zero-order valence-corrected chi connectivity index (χ0v) is 10.2. The molecule has 0 saturated heterocycles. The molecule has 0 aromatic heterocycles. The summed E-state index contributed by atoms with van der Waals surface area (Å²) in [6.07, 6.45) is -0.209. The number of hydrogen-bond donors (Lipinski definition) is 1. The van der Waals surface area contributed by atoms with Crippen molar-refractivity contribution in [2.75, 3.05) is 7.11 Å². The van der Waals surface area contributed by atoms with Crippen LogP contribution in [0.4, 0.5) is 4.39 Å². The first kappa shape index (κ1) is 14.0. The molecule has 0 amide bonds. The van der Waals surface area contributed by atoms with Crippen LogP contribution in [0.2, 0.25) is 0 Å². The molecule has 1 aromatic rings. The summed E-state index contributed by atoms with van der Waals surface area (Å²) in [5, 5.41) is 8.55. The van der Waals surface area contributed by atoms with Crippen molar-refractivity contribution in [3.63, 3.8) is 0 Å². The molecule has 0 spiro atoms. The molecule has 0 atom stereocenters. The molecule has 0 aliphatic rings. The molecule has 0 bridgehead atoms. The number of carboxylic acid groups (broad SMARTS) is 1. The van der Waals surface area contributed by atoms with Crippen molar-refractivity contribution in [2.45, 2.75) is 20.0 Å². The maximum Gasteiger partial charge on any atom is 0.377 e. The minimum atomic E-state index is -1.73. The summed E-state index contributed by atoms with van der Waals surface area (Å²) >= 11 is 0. The highest BCUT2D eigenvalue weighted by Gasteiger charge is 2.22. The molecule has 0 saturated carbocycles. The lowest BCUT2D eigenvalue weighted by Gasteiger charge is -2.14. The van der Waals surface area contributed by atoms with E-state index >= 15 is 0 Å². The van der Waals surface area contributed by atoms with Crippen LogP contribution in [0.1, 0.15) is 24.2 Å². The van der Waals surface area contributed by atoms with E-state index in [9.17, 15) is 14.0 Å². The summed E-state index contributed by atoms with van der Waals surface area (Å²) < 4.78 is 23.8. The lowest BCUT2D eigenvalue weighted by molar-refractivity contribution is -0.131. The number of benzene rings is 1. The van der Waals surface area contributed by atoms with E-state index in [-0.39, 0.29) is 17.6 Å². The number of carbonyl (C=O) groups excluding carboxylic acids is 1. The lowest BCUT2D eigenvalue weighted by atomic mass is 10.1. The number of rotatable bonds is 5. The fraction of sp³-hybridized carbons (Fsp3) is 0.333. The van der Waals surface area contributed by atoms with Crippen molar-refractivity contribution in [1.82, 2.24) is 0 Å².